The Morgan fingerprint density at radius 3 is 2.72 bits per heavy atom. The highest BCUT2D eigenvalue weighted by Gasteiger charge is 2.28. The molecule has 1 aliphatic heterocycles. The molecule has 2 rings (SSSR count). The summed E-state index contributed by atoms with van der Waals surface area (Å²) in [6.45, 7) is 1.20. The van der Waals surface area contributed by atoms with Crippen molar-refractivity contribution in [2.75, 3.05) is 13.2 Å². The van der Waals surface area contributed by atoms with Gasteiger partial charge in [0.1, 0.15) is 5.82 Å². The molecule has 1 aromatic carbocycles. The molecule has 6 heteroatoms. The SMILES string of the molecule is N[C@@H](c1cc(F)ccc1[N+](=O)[O-])C1CCOCC1. The molecular formula is C12H15FN2O3. The Bertz CT molecular complexity index is 447. The average molecular weight is 254 g/mol. The quantitative estimate of drug-likeness (QED) is 0.662. The Morgan fingerprint density at radius 2 is 2.11 bits per heavy atom. The van der Waals surface area contributed by atoms with E-state index in [0.717, 1.165) is 25.0 Å². The van der Waals surface area contributed by atoms with Crippen LogP contribution in [0.15, 0.2) is 18.2 Å². The normalized spacial score (nSPS) is 18.6. The molecule has 1 saturated heterocycles. The van der Waals surface area contributed by atoms with Crippen LogP contribution in [0.1, 0.15) is 24.4 Å². The van der Waals surface area contributed by atoms with Gasteiger partial charge >= 0.3 is 0 Å². The fourth-order valence-electron chi connectivity index (χ4n) is 2.29. The first-order valence-corrected chi connectivity index (χ1v) is 5.86. The van der Waals surface area contributed by atoms with E-state index in [2.05, 4.69) is 0 Å². The van der Waals surface area contributed by atoms with E-state index in [9.17, 15) is 14.5 Å². The summed E-state index contributed by atoms with van der Waals surface area (Å²) in [6.07, 6.45) is 1.49. The van der Waals surface area contributed by atoms with Gasteiger partial charge in [-0.2, -0.15) is 0 Å². The van der Waals surface area contributed by atoms with E-state index in [1.54, 1.807) is 0 Å². The van der Waals surface area contributed by atoms with Gasteiger partial charge in [-0.05, 0) is 30.9 Å². The highest BCUT2D eigenvalue weighted by Crippen LogP contribution is 2.33. The molecule has 1 aliphatic rings. The Morgan fingerprint density at radius 1 is 1.44 bits per heavy atom. The topological polar surface area (TPSA) is 78.4 Å². The van der Waals surface area contributed by atoms with Crippen LogP contribution in [0.2, 0.25) is 0 Å². The third-order valence-electron chi connectivity index (χ3n) is 3.32. The number of nitrogens with zero attached hydrogens (tertiary/aromatic N) is 1. The molecule has 0 radical (unpaired) electrons. The van der Waals surface area contributed by atoms with E-state index in [-0.39, 0.29) is 17.2 Å². The zero-order chi connectivity index (χ0) is 13.1. The Labute approximate surface area is 104 Å². The largest absolute Gasteiger partial charge is 0.381 e. The van der Waals surface area contributed by atoms with Gasteiger partial charge in [-0.3, -0.25) is 10.1 Å². The van der Waals surface area contributed by atoms with Crippen LogP contribution < -0.4 is 5.73 Å². The third kappa shape index (κ3) is 2.65. The zero-order valence-corrected chi connectivity index (χ0v) is 9.84. The zero-order valence-electron chi connectivity index (χ0n) is 9.84. The monoisotopic (exact) mass is 254 g/mol. The maximum atomic E-state index is 13.2. The summed E-state index contributed by atoms with van der Waals surface area (Å²) in [4.78, 5) is 10.4. The van der Waals surface area contributed by atoms with Crippen LogP contribution in [0, 0.1) is 21.8 Å². The van der Waals surface area contributed by atoms with Crippen molar-refractivity contribution in [3.8, 4) is 0 Å². The molecule has 98 valence electrons. The van der Waals surface area contributed by atoms with Gasteiger partial charge in [0.15, 0.2) is 0 Å². The number of ether oxygens (including phenoxy) is 1. The van der Waals surface area contributed by atoms with Gasteiger partial charge in [-0.15, -0.1) is 0 Å². The molecule has 2 N–H and O–H groups in total. The first-order chi connectivity index (χ1) is 8.59. The molecule has 1 aromatic rings. The van der Waals surface area contributed by atoms with Crippen LogP contribution in [-0.2, 0) is 4.74 Å². The maximum absolute atomic E-state index is 13.2. The van der Waals surface area contributed by atoms with E-state index in [1.807, 2.05) is 0 Å². The number of hydrogen-bond donors (Lipinski definition) is 1. The molecule has 0 spiro atoms. The summed E-state index contributed by atoms with van der Waals surface area (Å²) < 4.78 is 18.5. The van der Waals surface area contributed by atoms with Crippen molar-refractivity contribution in [1.82, 2.24) is 0 Å². The second-order valence-electron chi connectivity index (χ2n) is 4.44. The van der Waals surface area contributed by atoms with E-state index in [0.29, 0.717) is 13.2 Å². The molecule has 0 unspecified atom stereocenters. The molecule has 0 aromatic heterocycles. The molecule has 1 fully saturated rings. The maximum Gasteiger partial charge on any atom is 0.274 e. The molecular weight excluding hydrogens is 239 g/mol. The van der Waals surface area contributed by atoms with E-state index < -0.39 is 16.8 Å². The molecule has 0 bridgehead atoms. The van der Waals surface area contributed by atoms with E-state index >= 15 is 0 Å². The van der Waals surface area contributed by atoms with Crippen molar-refractivity contribution in [2.45, 2.75) is 18.9 Å². The summed E-state index contributed by atoms with van der Waals surface area (Å²) in [7, 11) is 0. The number of nitro groups is 1. The number of hydrogen-bond acceptors (Lipinski definition) is 4. The summed E-state index contributed by atoms with van der Waals surface area (Å²) in [5.41, 5.74) is 6.21. The van der Waals surface area contributed by atoms with Crippen molar-refractivity contribution in [2.24, 2.45) is 11.7 Å². The van der Waals surface area contributed by atoms with Crippen molar-refractivity contribution >= 4 is 5.69 Å². The van der Waals surface area contributed by atoms with Crippen LogP contribution in [0.3, 0.4) is 0 Å². The Kier molecular flexibility index (Phi) is 3.88. The van der Waals surface area contributed by atoms with Crippen LogP contribution in [0.4, 0.5) is 10.1 Å². The van der Waals surface area contributed by atoms with Crippen molar-refractivity contribution in [1.29, 1.82) is 0 Å². The number of rotatable bonds is 3. The molecule has 0 saturated carbocycles. The summed E-state index contributed by atoms with van der Waals surface area (Å²) in [5.74, 6) is -0.405. The molecule has 0 aliphatic carbocycles. The van der Waals surface area contributed by atoms with Crippen molar-refractivity contribution < 1.29 is 14.1 Å². The minimum Gasteiger partial charge on any atom is -0.381 e. The minimum absolute atomic E-state index is 0.0965. The highest BCUT2D eigenvalue weighted by molar-refractivity contribution is 5.42. The molecule has 0 amide bonds. The smallest absolute Gasteiger partial charge is 0.274 e. The second-order valence-corrected chi connectivity index (χ2v) is 4.44. The fraction of sp³-hybridized carbons (Fsp3) is 0.500. The molecule has 1 atom stereocenters. The first-order valence-electron chi connectivity index (χ1n) is 5.86. The molecule has 5 nitrogen and oxygen atoms in total. The van der Waals surface area contributed by atoms with Gasteiger partial charge in [0, 0.05) is 30.9 Å². The number of halogens is 1. The van der Waals surface area contributed by atoms with E-state index in [4.69, 9.17) is 10.5 Å². The summed E-state index contributed by atoms with van der Waals surface area (Å²) in [5, 5.41) is 10.9. The van der Waals surface area contributed by atoms with Crippen molar-refractivity contribution in [3.05, 3.63) is 39.7 Å². The van der Waals surface area contributed by atoms with Gasteiger partial charge in [-0.25, -0.2) is 4.39 Å². The summed E-state index contributed by atoms with van der Waals surface area (Å²) in [6, 6.07) is 2.89. The lowest BCUT2D eigenvalue weighted by atomic mass is 9.87. The van der Waals surface area contributed by atoms with E-state index in [1.165, 1.54) is 6.07 Å². The lowest BCUT2D eigenvalue weighted by molar-refractivity contribution is -0.385. The van der Waals surface area contributed by atoms with Gasteiger partial charge in [-0.1, -0.05) is 0 Å². The fourth-order valence-corrected chi connectivity index (χ4v) is 2.29. The third-order valence-corrected chi connectivity index (χ3v) is 3.32. The van der Waals surface area contributed by atoms with Crippen LogP contribution >= 0.6 is 0 Å². The Balaban J connectivity index is 2.30. The first kappa shape index (κ1) is 12.9. The summed E-state index contributed by atoms with van der Waals surface area (Å²) >= 11 is 0. The van der Waals surface area contributed by atoms with Gasteiger partial charge in [0.2, 0.25) is 0 Å². The van der Waals surface area contributed by atoms with Gasteiger partial charge in [0.25, 0.3) is 5.69 Å². The molecule has 1 heterocycles. The van der Waals surface area contributed by atoms with Crippen LogP contribution in [-0.4, -0.2) is 18.1 Å². The second kappa shape index (κ2) is 5.41. The number of benzene rings is 1. The van der Waals surface area contributed by atoms with Crippen LogP contribution in [0.5, 0.6) is 0 Å². The lowest BCUT2D eigenvalue weighted by Gasteiger charge is -2.27. The van der Waals surface area contributed by atoms with Crippen LogP contribution in [0.25, 0.3) is 0 Å². The van der Waals surface area contributed by atoms with Crippen molar-refractivity contribution in [3.63, 3.8) is 0 Å². The standard InChI is InChI=1S/C12H15FN2O3/c13-9-1-2-11(15(16)17)10(7-9)12(14)8-3-5-18-6-4-8/h1-2,7-8,12H,3-6,14H2/t12-/m1/s1. The minimum atomic E-state index is -0.523. The predicted octanol–water partition coefficient (Wildman–Crippen LogP) is 2.16. The average Bonchev–Trinajstić information content (AvgIpc) is 2.38. The van der Waals surface area contributed by atoms with Gasteiger partial charge in [0.05, 0.1) is 4.92 Å². The van der Waals surface area contributed by atoms with Gasteiger partial charge < -0.3 is 10.5 Å². The predicted molar refractivity (Wildman–Crippen MR) is 63.5 cm³/mol. The molecule has 18 heavy (non-hydrogen) atoms. The number of nitrogens with two attached hydrogens (primary N) is 1. The highest BCUT2D eigenvalue weighted by atomic mass is 19.1. The number of nitro benzene ring substituents is 1. The Hall–Kier alpha value is -1.53. The lowest BCUT2D eigenvalue weighted by Crippen LogP contribution is -2.28.